The molecule has 0 aliphatic heterocycles. The number of rotatable bonds is 3. The van der Waals surface area contributed by atoms with Crippen molar-refractivity contribution in [3.63, 3.8) is 0 Å². The molecule has 0 radical (unpaired) electrons. The smallest absolute Gasteiger partial charge is 0.211 e. The fraction of sp³-hybridized carbons (Fsp3) is 0.176. The molecule has 22 heavy (non-hydrogen) atoms. The van der Waals surface area contributed by atoms with Crippen LogP contribution in [0.25, 0.3) is 5.65 Å². The van der Waals surface area contributed by atoms with Crippen LogP contribution in [0.4, 0.5) is 0 Å². The quantitative estimate of drug-likeness (QED) is 0.748. The van der Waals surface area contributed by atoms with Gasteiger partial charge < -0.3 is 5.11 Å². The minimum absolute atomic E-state index is 0.00655. The second kappa shape index (κ2) is 5.46. The van der Waals surface area contributed by atoms with Crippen LogP contribution in [-0.2, 0) is 6.42 Å². The van der Waals surface area contributed by atoms with Gasteiger partial charge in [-0.1, -0.05) is 24.6 Å². The minimum atomic E-state index is -0.152. The zero-order valence-corrected chi connectivity index (χ0v) is 13.1. The molecule has 0 atom stereocenters. The van der Waals surface area contributed by atoms with Crippen molar-refractivity contribution in [2.24, 2.45) is 0 Å². The molecule has 0 amide bonds. The molecule has 3 aromatic rings. The molecule has 1 aromatic carbocycles. The Kier molecular flexibility index (Phi) is 3.62. The van der Waals surface area contributed by atoms with Crippen LogP contribution in [0.15, 0.2) is 36.5 Å². The number of hydrogen-bond donors (Lipinski definition) is 1. The van der Waals surface area contributed by atoms with E-state index in [1.165, 1.54) is 6.07 Å². The molecule has 0 bridgehead atoms. The van der Waals surface area contributed by atoms with Gasteiger partial charge in [-0.3, -0.25) is 9.20 Å². The summed E-state index contributed by atoms with van der Waals surface area (Å²) in [5.41, 5.74) is 3.05. The summed E-state index contributed by atoms with van der Waals surface area (Å²) < 4.78 is 1.79. The Morgan fingerprint density at radius 1 is 1.36 bits per heavy atom. The van der Waals surface area contributed by atoms with Crippen molar-refractivity contribution in [1.82, 2.24) is 9.38 Å². The molecule has 112 valence electrons. The molecule has 3 rings (SSSR count). The zero-order valence-electron chi connectivity index (χ0n) is 12.3. The highest BCUT2D eigenvalue weighted by Gasteiger charge is 2.21. The first-order valence-electron chi connectivity index (χ1n) is 7.02. The van der Waals surface area contributed by atoms with E-state index in [4.69, 9.17) is 11.6 Å². The van der Waals surface area contributed by atoms with E-state index in [9.17, 15) is 9.90 Å². The lowest BCUT2D eigenvalue weighted by Crippen LogP contribution is -2.08. The van der Waals surface area contributed by atoms with Crippen molar-refractivity contribution in [2.45, 2.75) is 20.3 Å². The van der Waals surface area contributed by atoms with Crippen LogP contribution in [0.2, 0.25) is 5.02 Å². The van der Waals surface area contributed by atoms with E-state index in [1.54, 1.807) is 17.4 Å². The summed E-state index contributed by atoms with van der Waals surface area (Å²) in [7, 11) is 0. The largest absolute Gasteiger partial charge is 0.506 e. The van der Waals surface area contributed by atoms with Crippen molar-refractivity contribution in [1.29, 1.82) is 0 Å². The standard InChI is InChI=1S/C17H15ClN2O2/c1-3-13-15(20-7-5-4-6-14(20)19-13)17(22)11-8-10(2)16(21)12(18)9-11/h4-9,21H,3H2,1-2H3. The Bertz CT molecular complexity index is 860. The number of ketones is 1. The Balaban J connectivity index is 2.21. The van der Waals surface area contributed by atoms with E-state index >= 15 is 0 Å². The van der Waals surface area contributed by atoms with Crippen LogP contribution in [0.3, 0.4) is 0 Å². The van der Waals surface area contributed by atoms with Gasteiger partial charge in [0.15, 0.2) is 0 Å². The van der Waals surface area contributed by atoms with Gasteiger partial charge in [-0.25, -0.2) is 4.98 Å². The van der Waals surface area contributed by atoms with E-state index in [0.717, 1.165) is 11.3 Å². The number of aryl methyl sites for hydroxylation is 2. The second-order valence-corrected chi connectivity index (χ2v) is 5.55. The summed E-state index contributed by atoms with van der Waals surface area (Å²) >= 11 is 5.99. The lowest BCUT2D eigenvalue weighted by molar-refractivity contribution is 0.103. The number of imidazole rings is 1. The third-order valence-corrected chi connectivity index (χ3v) is 3.96. The average Bonchev–Trinajstić information content (AvgIpc) is 2.89. The summed E-state index contributed by atoms with van der Waals surface area (Å²) in [6.45, 7) is 3.68. The van der Waals surface area contributed by atoms with Crippen LogP contribution in [0.1, 0.15) is 34.2 Å². The molecule has 0 spiro atoms. The van der Waals surface area contributed by atoms with Crippen molar-refractivity contribution >= 4 is 23.0 Å². The first kappa shape index (κ1) is 14.6. The van der Waals surface area contributed by atoms with Gasteiger partial charge >= 0.3 is 0 Å². The second-order valence-electron chi connectivity index (χ2n) is 5.14. The number of aromatic hydroxyl groups is 1. The molecule has 0 fully saturated rings. The predicted molar refractivity (Wildman–Crippen MR) is 85.9 cm³/mol. The molecule has 0 aliphatic rings. The minimum Gasteiger partial charge on any atom is -0.506 e. The number of benzene rings is 1. The monoisotopic (exact) mass is 314 g/mol. The van der Waals surface area contributed by atoms with Crippen molar-refractivity contribution in [2.75, 3.05) is 0 Å². The van der Waals surface area contributed by atoms with Crippen molar-refractivity contribution in [3.8, 4) is 5.75 Å². The van der Waals surface area contributed by atoms with E-state index in [1.807, 2.05) is 31.3 Å². The fourth-order valence-corrected chi connectivity index (χ4v) is 2.80. The number of aromatic nitrogens is 2. The van der Waals surface area contributed by atoms with Gasteiger partial charge in [0.2, 0.25) is 5.78 Å². The Hall–Kier alpha value is -2.33. The van der Waals surface area contributed by atoms with Gasteiger partial charge in [0.25, 0.3) is 0 Å². The molecular formula is C17H15ClN2O2. The fourth-order valence-electron chi connectivity index (χ4n) is 2.54. The summed E-state index contributed by atoms with van der Waals surface area (Å²) in [5, 5.41) is 9.93. The van der Waals surface area contributed by atoms with Crippen LogP contribution in [-0.4, -0.2) is 20.3 Å². The SMILES string of the molecule is CCc1nc2ccccn2c1C(=O)c1cc(C)c(O)c(Cl)c1. The van der Waals surface area contributed by atoms with Gasteiger partial charge in [0.05, 0.1) is 10.7 Å². The first-order chi connectivity index (χ1) is 10.5. The zero-order chi connectivity index (χ0) is 15.9. The van der Waals surface area contributed by atoms with Gasteiger partial charge in [-0.2, -0.15) is 0 Å². The van der Waals surface area contributed by atoms with Crippen LogP contribution in [0.5, 0.6) is 5.75 Å². The maximum Gasteiger partial charge on any atom is 0.211 e. The number of halogens is 1. The molecule has 2 aromatic heterocycles. The highest BCUT2D eigenvalue weighted by Crippen LogP contribution is 2.29. The number of phenols is 1. The van der Waals surface area contributed by atoms with Crippen molar-refractivity contribution in [3.05, 3.63) is 64.1 Å². The van der Waals surface area contributed by atoms with Gasteiger partial charge in [0.1, 0.15) is 17.1 Å². The molecule has 0 aliphatic carbocycles. The third-order valence-electron chi connectivity index (χ3n) is 3.67. The number of pyridine rings is 1. The molecule has 4 nitrogen and oxygen atoms in total. The molecule has 0 saturated heterocycles. The molecule has 5 heteroatoms. The van der Waals surface area contributed by atoms with E-state index in [2.05, 4.69) is 4.98 Å². The first-order valence-corrected chi connectivity index (χ1v) is 7.40. The topological polar surface area (TPSA) is 54.6 Å². The Labute approximate surface area is 133 Å². The summed E-state index contributed by atoms with van der Waals surface area (Å²) in [4.78, 5) is 17.4. The highest BCUT2D eigenvalue weighted by molar-refractivity contribution is 6.32. The van der Waals surface area contributed by atoms with Crippen LogP contribution >= 0.6 is 11.6 Å². The average molecular weight is 315 g/mol. The van der Waals surface area contributed by atoms with Gasteiger partial charge in [-0.05, 0) is 43.2 Å². The van der Waals surface area contributed by atoms with Crippen molar-refractivity contribution < 1.29 is 9.90 Å². The number of hydrogen-bond acceptors (Lipinski definition) is 3. The summed E-state index contributed by atoms with van der Waals surface area (Å²) in [6.07, 6.45) is 2.48. The molecule has 0 unspecified atom stereocenters. The molecule has 1 N–H and O–H groups in total. The Morgan fingerprint density at radius 2 is 2.14 bits per heavy atom. The van der Waals surface area contributed by atoms with Gasteiger partial charge in [0, 0.05) is 11.8 Å². The summed E-state index contributed by atoms with van der Waals surface area (Å²) in [6, 6.07) is 8.75. The lowest BCUT2D eigenvalue weighted by atomic mass is 10.0. The Morgan fingerprint density at radius 3 is 2.82 bits per heavy atom. The molecular weight excluding hydrogens is 300 g/mol. The van der Waals surface area contributed by atoms with Crippen LogP contribution in [0, 0.1) is 6.92 Å². The highest BCUT2D eigenvalue weighted by atomic mass is 35.5. The van der Waals surface area contributed by atoms with Crippen LogP contribution < -0.4 is 0 Å². The normalized spacial score (nSPS) is 11.0. The summed E-state index contributed by atoms with van der Waals surface area (Å²) in [5.74, 6) is -0.146. The molecule has 0 saturated carbocycles. The predicted octanol–water partition coefficient (Wildman–Crippen LogP) is 3.80. The maximum absolute atomic E-state index is 12.9. The maximum atomic E-state index is 12.9. The van der Waals surface area contributed by atoms with E-state index < -0.39 is 0 Å². The number of carbonyl (C=O) groups is 1. The number of fused-ring (bicyclic) bond motifs is 1. The van der Waals surface area contributed by atoms with Gasteiger partial charge in [-0.15, -0.1) is 0 Å². The number of phenolic OH excluding ortho intramolecular Hbond substituents is 1. The third kappa shape index (κ3) is 2.25. The number of carbonyl (C=O) groups excluding carboxylic acids is 1. The van der Waals surface area contributed by atoms with E-state index in [0.29, 0.717) is 23.2 Å². The lowest BCUT2D eigenvalue weighted by Gasteiger charge is -2.07. The number of nitrogens with zero attached hydrogens (tertiary/aromatic N) is 2. The molecule has 2 heterocycles. The van der Waals surface area contributed by atoms with E-state index in [-0.39, 0.29) is 16.6 Å².